The van der Waals surface area contributed by atoms with Crippen molar-refractivity contribution in [2.45, 2.75) is 0 Å². The zero-order valence-corrected chi connectivity index (χ0v) is 4.12. The largest absolute Gasteiger partial charge is 1.00 e. The van der Waals surface area contributed by atoms with Crippen molar-refractivity contribution in [2.75, 3.05) is 0 Å². The molecule has 0 fully saturated rings. The van der Waals surface area contributed by atoms with E-state index in [9.17, 15) is 0 Å². The first-order valence-electron chi connectivity index (χ1n) is 0.548. The van der Waals surface area contributed by atoms with Crippen LogP contribution in [0.15, 0.2) is 0 Å². The van der Waals surface area contributed by atoms with Gasteiger partial charge in [-0.05, 0) is 0 Å². The van der Waals surface area contributed by atoms with E-state index < -0.39 is 5.09 Å². The van der Waals surface area contributed by atoms with Crippen LogP contribution < -0.4 is 25.0 Å². The molecule has 0 bridgehead atoms. The van der Waals surface area contributed by atoms with Crippen LogP contribution in [0.3, 0.4) is 0 Å². The maximum absolute atomic E-state index is 8.25. The van der Waals surface area contributed by atoms with Crippen LogP contribution >= 0.6 is 0 Å². The van der Waals surface area contributed by atoms with Crippen LogP contribution in [0.25, 0.3) is 0 Å². The molecule has 0 aliphatic rings. The fourth-order valence-electron chi connectivity index (χ4n) is 0. The summed E-state index contributed by atoms with van der Waals surface area (Å²) in [7, 11) is 0. The summed E-state index contributed by atoms with van der Waals surface area (Å²) < 4.78 is 0. The van der Waals surface area contributed by atoms with E-state index >= 15 is 0 Å². The Labute approximate surface area is 51.7 Å². The van der Waals surface area contributed by atoms with E-state index in [-0.39, 0.29) is 30.5 Å². The minimum absolute atomic E-state index is 0. The third-order valence-electron chi connectivity index (χ3n) is 0. The van der Waals surface area contributed by atoms with Gasteiger partial charge in [0.15, 0.2) is 0 Å². The van der Waals surface area contributed by atoms with Crippen molar-refractivity contribution in [1.82, 2.24) is 6.15 Å². The van der Waals surface area contributed by atoms with Crippen LogP contribution in [0.2, 0.25) is 0 Å². The molecule has 0 rings (SSSR count). The molecule has 0 spiro atoms. The van der Waals surface area contributed by atoms with Crippen molar-refractivity contribution in [1.29, 1.82) is 0 Å². The third-order valence-corrected chi connectivity index (χ3v) is 0. The van der Waals surface area contributed by atoms with E-state index in [0.29, 0.717) is 0 Å². The van der Waals surface area contributed by atoms with E-state index in [1.807, 2.05) is 0 Å². The molecule has 40 valence electrons. The Morgan fingerprint density at radius 2 is 1.29 bits per heavy atom. The zero-order chi connectivity index (χ0) is 3.58. The van der Waals surface area contributed by atoms with Crippen molar-refractivity contribution >= 4 is 0 Å². The molecule has 0 aromatic rings. The molecule has 0 saturated heterocycles. The molecule has 6 nitrogen and oxygen atoms in total. The van der Waals surface area contributed by atoms with Gasteiger partial charge in [-0.2, -0.15) is 0 Å². The van der Waals surface area contributed by atoms with Gasteiger partial charge in [0, 0.05) is 0 Å². The Morgan fingerprint density at radius 1 is 1.29 bits per heavy atom. The average molecular weight is 104 g/mol. The maximum atomic E-state index is 8.25. The van der Waals surface area contributed by atoms with Gasteiger partial charge in [0.05, 0.1) is 5.09 Å². The Balaban J connectivity index is -0.0000000150. The van der Waals surface area contributed by atoms with E-state index in [1.165, 1.54) is 0 Å². The Kier molecular flexibility index (Phi) is 73.2. The van der Waals surface area contributed by atoms with Crippen molar-refractivity contribution in [3.63, 3.8) is 0 Å². The first-order valence-corrected chi connectivity index (χ1v) is 0.548. The SMILES string of the molecule is O=[N+]([O-])[O-].[Li+].[NH4+].[OH-]. The topological polar surface area (TPSA) is 133 Å². The Hall–Kier alpha value is -0.283. The standard InChI is InChI=1S/Li.NO3.H3N.H2O/c;2-1(3)4;;/h;;1H3;1H2/q+1;-1;;. The van der Waals surface area contributed by atoms with Gasteiger partial charge in [-0.1, -0.05) is 0 Å². The number of hydrogen-bond donors (Lipinski definition) is 1. The van der Waals surface area contributed by atoms with Crippen LogP contribution in [0.5, 0.6) is 0 Å². The van der Waals surface area contributed by atoms with Crippen LogP contribution in [-0.2, 0) is 0 Å². The normalized spacial score (nSPS) is 3.43. The summed E-state index contributed by atoms with van der Waals surface area (Å²) >= 11 is 0. The monoisotopic (exact) mass is 104 g/mol. The molecule has 7 heteroatoms. The quantitative estimate of drug-likeness (QED) is 0.198. The molecule has 5 N–H and O–H groups in total. The van der Waals surface area contributed by atoms with Gasteiger partial charge >= 0.3 is 18.9 Å². The number of hydrogen-bond acceptors (Lipinski definition) is 4. The van der Waals surface area contributed by atoms with Gasteiger partial charge in [0.1, 0.15) is 0 Å². The molecule has 7 heavy (non-hydrogen) atoms. The number of nitrogens with zero attached hydrogens (tertiary/aromatic N) is 1. The van der Waals surface area contributed by atoms with Crippen LogP contribution in [0.1, 0.15) is 0 Å². The van der Waals surface area contributed by atoms with Crippen molar-refractivity contribution in [3.8, 4) is 0 Å². The molecule has 0 amide bonds. The molecular weight excluding hydrogens is 99.0 g/mol. The van der Waals surface area contributed by atoms with Gasteiger partial charge in [0.2, 0.25) is 0 Å². The summed E-state index contributed by atoms with van der Waals surface area (Å²) in [6, 6.07) is 0. The summed E-state index contributed by atoms with van der Waals surface area (Å²) in [6.07, 6.45) is 0. The molecule has 0 atom stereocenters. The number of quaternary nitrogens is 1. The second kappa shape index (κ2) is 17.2. The summed E-state index contributed by atoms with van der Waals surface area (Å²) in [5.74, 6) is 0. The second-order valence-corrected chi connectivity index (χ2v) is 0.224. The maximum Gasteiger partial charge on any atom is 1.00 e. The molecule has 0 aliphatic heterocycles. The second-order valence-electron chi connectivity index (χ2n) is 0.224. The first-order chi connectivity index (χ1) is 1.73. The first kappa shape index (κ1) is 29.7. The molecule has 0 aromatic carbocycles. The van der Waals surface area contributed by atoms with Crippen molar-refractivity contribution in [3.05, 3.63) is 15.3 Å². The van der Waals surface area contributed by atoms with Gasteiger partial charge < -0.3 is 26.9 Å². The predicted octanol–water partition coefficient (Wildman–Crippen LogP) is -3.04. The van der Waals surface area contributed by atoms with E-state index in [0.717, 1.165) is 0 Å². The molecular formula is H5LiN2O4. The molecule has 0 radical (unpaired) electrons. The third kappa shape index (κ3) is 989. The smallest absolute Gasteiger partial charge is 0.870 e. The summed E-state index contributed by atoms with van der Waals surface area (Å²) in [5.41, 5.74) is 0. The van der Waals surface area contributed by atoms with Crippen LogP contribution in [-0.4, -0.2) is 10.6 Å². The van der Waals surface area contributed by atoms with Gasteiger partial charge in [-0.25, -0.2) is 0 Å². The summed E-state index contributed by atoms with van der Waals surface area (Å²) in [5, 5.41) is 14.8. The molecule has 0 heterocycles. The summed E-state index contributed by atoms with van der Waals surface area (Å²) in [6.45, 7) is 0. The Bertz CT molecular complexity index is 32.7. The van der Waals surface area contributed by atoms with E-state index in [1.54, 1.807) is 0 Å². The fourth-order valence-corrected chi connectivity index (χ4v) is 0. The van der Waals surface area contributed by atoms with Gasteiger partial charge in [-0.15, -0.1) is 0 Å². The fraction of sp³-hybridized carbons (Fsp3) is 0. The Morgan fingerprint density at radius 3 is 1.29 bits per heavy atom. The van der Waals surface area contributed by atoms with Crippen molar-refractivity contribution < 1.29 is 29.4 Å². The molecule has 0 saturated carbocycles. The number of rotatable bonds is 0. The van der Waals surface area contributed by atoms with Crippen LogP contribution in [0.4, 0.5) is 0 Å². The van der Waals surface area contributed by atoms with E-state index in [4.69, 9.17) is 15.3 Å². The van der Waals surface area contributed by atoms with Gasteiger partial charge in [0.25, 0.3) is 0 Å². The van der Waals surface area contributed by atoms with Crippen LogP contribution in [0, 0.1) is 15.3 Å². The van der Waals surface area contributed by atoms with Crippen molar-refractivity contribution in [2.24, 2.45) is 0 Å². The molecule has 0 aliphatic carbocycles. The van der Waals surface area contributed by atoms with Gasteiger partial charge in [-0.3, -0.25) is 0 Å². The summed E-state index contributed by atoms with van der Waals surface area (Å²) in [4.78, 5) is 8.25. The average Bonchev–Trinajstić information content (AvgIpc) is 0.811. The van der Waals surface area contributed by atoms with E-state index in [2.05, 4.69) is 0 Å². The predicted molar refractivity (Wildman–Crippen MR) is 18.3 cm³/mol. The molecule has 0 unspecified atom stereocenters. The minimum atomic E-state index is -1.75. The zero-order valence-electron chi connectivity index (χ0n) is 4.12. The molecule has 0 aromatic heterocycles. The minimum Gasteiger partial charge on any atom is -0.870 e.